The average molecular weight is 400 g/mol. The molecule has 0 saturated heterocycles. The number of hydrogen-bond acceptors (Lipinski definition) is 3. The number of nitrogens with one attached hydrogen (secondary N) is 1. The summed E-state index contributed by atoms with van der Waals surface area (Å²) in [6.45, 7) is 6.27. The Morgan fingerprint density at radius 2 is 1.69 bits per heavy atom. The summed E-state index contributed by atoms with van der Waals surface area (Å²) >= 11 is 0. The maximum atomic E-state index is 13.8. The molecular weight excluding hydrogens is 371 g/mol. The molecule has 0 aromatic heterocycles. The molecule has 0 fully saturated rings. The lowest BCUT2D eigenvalue weighted by molar-refractivity contribution is -0.141. The van der Waals surface area contributed by atoms with Crippen molar-refractivity contribution in [3.05, 3.63) is 66.0 Å². The SMILES string of the molecule is CC(C)CNC(=O)[C@H](C)N(CCc1ccccc1)C(=O)COc1ccccc1F. The molecule has 0 aliphatic heterocycles. The summed E-state index contributed by atoms with van der Waals surface area (Å²) in [5.74, 6) is -0.786. The first kappa shape index (κ1) is 22.4. The Hall–Kier alpha value is -2.89. The van der Waals surface area contributed by atoms with Crippen molar-refractivity contribution >= 4 is 11.8 Å². The number of nitrogens with zero attached hydrogens (tertiary/aromatic N) is 1. The number of carbonyl (C=O) groups excluding carboxylic acids is 2. The van der Waals surface area contributed by atoms with Crippen molar-refractivity contribution in [2.45, 2.75) is 33.2 Å². The predicted octanol–water partition coefficient (Wildman–Crippen LogP) is 3.44. The van der Waals surface area contributed by atoms with Crippen molar-refractivity contribution in [2.24, 2.45) is 5.92 Å². The van der Waals surface area contributed by atoms with Crippen molar-refractivity contribution < 1.29 is 18.7 Å². The Kier molecular flexibility index (Phi) is 8.65. The van der Waals surface area contributed by atoms with Gasteiger partial charge >= 0.3 is 0 Å². The van der Waals surface area contributed by atoms with Gasteiger partial charge in [0, 0.05) is 13.1 Å². The largest absolute Gasteiger partial charge is 0.481 e. The van der Waals surface area contributed by atoms with E-state index in [1.54, 1.807) is 19.1 Å². The van der Waals surface area contributed by atoms with Gasteiger partial charge in [-0.1, -0.05) is 56.3 Å². The number of para-hydroxylation sites is 1. The van der Waals surface area contributed by atoms with E-state index in [9.17, 15) is 14.0 Å². The Balaban J connectivity index is 2.06. The summed E-state index contributed by atoms with van der Waals surface area (Å²) in [7, 11) is 0. The molecule has 0 saturated carbocycles. The molecule has 5 nitrogen and oxygen atoms in total. The zero-order chi connectivity index (χ0) is 21.2. The normalized spacial score (nSPS) is 11.8. The standard InChI is InChI=1S/C23H29FN2O3/c1-17(2)15-25-23(28)18(3)26(14-13-19-9-5-4-6-10-19)22(27)16-29-21-12-8-7-11-20(21)24/h4-12,17-18H,13-16H2,1-3H3,(H,25,28)/t18-/m0/s1. The zero-order valence-corrected chi connectivity index (χ0v) is 17.2. The zero-order valence-electron chi connectivity index (χ0n) is 17.2. The fourth-order valence-corrected chi connectivity index (χ4v) is 2.81. The fraction of sp³-hybridized carbons (Fsp3) is 0.391. The minimum absolute atomic E-state index is 0.0146. The van der Waals surface area contributed by atoms with Gasteiger partial charge in [-0.2, -0.15) is 0 Å². The van der Waals surface area contributed by atoms with E-state index in [1.807, 2.05) is 44.2 Å². The summed E-state index contributed by atoms with van der Waals surface area (Å²) in [6.07, 6.45) is 0.605. The summed E-state index contributed by atoms with van der Waals surface area (Å²) in [5.41, 5.74) is 1.06. The maximum Gasteiger partial charge on any atom is 0.261 e. The Morgan fingerprint density at radius 3 is 2.34 bits per heavy atom. The van der Waals surface area contributed by atoms with Gasteiger partial charge in [0.15, 0.2) is 18.2 Å². The van der Waals surface area contributed by atoms with Gasteiger partial charge < -0.3 is 15.0 Å². The molecule has 1 atom stereocenters. The lowest BCUT2D eigenvalue weighted by Gasteiger charge is -2.29. The van der Waals surface area contributed by atoms with E-state index in [-0.39, 0.29) is 24.2 Å². The van der Waals surface area contributed by atoms with E-state index in [0.29, 0.717) is 25.4 Å². The van der Waals surface area contributed by atoms with Gasteiger partial charge in [0.1, 0.15) is 6.04 Å². The Morgan fingerprint density at radius 1 is 1.03 bits per heavy atom. The van der Waals surface area contributed by atoms with E-state index in [1.165, 1.54) is 17.0 Å². The first-order chi connectivity index (χ1) is 13.9. The second kappa shape index (κ2) is 11.2. The van der Waals surface area contributed by atoms with Gasteiger partial charge in [0.25, 0.3) is 5.91 Å². The van der Waals surface area contributed by atoms with Crippen LogP contribution in [-0.4, -0.2) is 42.5 Å². The van der Waals surface area contributed by atoms with Crippen molar-refractivity contribution in [2.75, 3.05) is 19.7 Å². The van der Waals surface area contributed by atoms with Crippen molar-refractivity contribution in [3.8, 4) is 5.75 Å². The van der Waals surface area contributed by atoms with Crippen LogP contribution in [0.25, 0.3) is 0 Å². The van der Waals surface area contributed by atoms with Crippen molar-refractivity contribution in [3.63, 3.8) is 0 Å². The monoisotopic (exact) mass is 400 g/mol. The highest BCUT2D eigenvalue weighted by Gasteiger charge is 2.26. The molecule has 2 amide bonds. The lowest BCUT2D eigenvalue weighted by Crippen LogP contribution is -2.50. The van der Waals surface area contributed by atoms with Gasteiger partial charge in [-0.25, -0.2) is 4.39 Å². The van der Waals surface area contributed by atoms with Crippen LogP contribution in [0, 0.1) is 11.7 Å². The molecule has 0 spiro atoms. The number of rotatable bonds is 10. The van der Waals surface area contributed by atoms with E-state index >= 15 is 0 Å². The molecule has 0 radical (unpaired) electrons. The molecular formula is C23H29FN2O3. The van der Waals surface area contributed by atoms with Crippen LogP contribution in [0.5, 0.6) is 5.75 Å². The number of benzene rings is 2. The van der Waals surface area contributed by atoms with Gasteiger partial charge in [0.2, 0.25) is 5.91 Å². The number of carbonyl (C=O) groups is 2. The van der Waals surface area contributed by atoms with Crippen LogP contribution in [0.4, 0.5) is 4.39 Å². The number of ether oxygens (including phenoxy) is 1. The third-order valence-corrected chi connectivity index (χ3v) is 4.52. The van der Waals surface area contributed by atoms with E-state index in [4.69, 9.17) is 4.74 Å². The molecule has 2 rings (SSSR count). The highest BCUT2D eigenvalue weighted by Crippen LogP contribution is 2.16. The first-order valence-corrected chi connectivity index (χ1v) is 9.87. The highest BCUT2D eigenvalue weighted by atomic mass is 19.1. The predicted molar refractivity (Wildman–Crippen MR) is 111 cm³/mol. The molecule has 29 heavy (non-hydrogen) atoms. The molecule has 2 aromatic carbocycles. The van der Waals surface area contributed by atoms with E-state index < -0.39 is 11.9 Å². The number of hydrogen-bond donors (Lipinski definition) is 1. The molecule has 0 heterocycles. The van der Waals surface area contributed by atoms with E-state index in [2.05, 4.69) is 5.32 Å². The Bertz CT molecular complexity index is 796. The number of amides is 2. The van der Waals surface area contributed by atoms with Gasteiger partial charge in [-0.15, -0.1) is 0 Å². The summed E-state index contributed by atoms with van der Waals surface area (Å²) in [5, 5.41) is 2.86. The quantitative estimate of drug-likeness (QED) is 0.665. The molecule has 0 aliphatic carbocycles. The van der Waals surface area contributed by atoms with Crippen LogP contribution >= 0.6 is 0 Å². The molecule has 0 aliphatic rings. The van der Waals surface area contributed by atoms with Crippen LogP contribution in [-0.2, 0) is 16.0 Å². The van der Waals surface area contributed by atoms with Gasteiger partial charge in [-0.05, 0) is 37.0 Å². The van der Waals surface area contributed by atoms with Gasteiger partial charge in [-0.3, -0.25) is 9.59 Å². The smallest absolute Gasteiger partial charge is 0.261 e. The van der Waals surface area contributed by atoms with Crippen LogP contribution < -0.4 is 10.1 Å². The molecule has 1 N–H and O–H groups in total. The summed E-state index contributed by atoms with van der Waals surface area (Å²) in [4.78, 5) is 26.8. The third kappa shape index (κ3) is 7.22. The van der Waals surface area contributed by atoms with E-state index in [0.717, 1.165) is 5.56 Å². The highest BCUT2D eigenvalue weighted by molar-refractivity contribution is 5.88. The molecule has 0 unspecified atom stereocenters. The average Bonchev–Trinajstić information content (AvgIpc) is 2.72. The minimum atomic E-state index is -0.658. The second-order valence-corrected chi connectivity index (χ2v) is 7.36. The summed E-state index contributed by atoms with van der Waals surface area (Å²) in [6, 6.07) is 15.0. The minimum Gasteiger partial charge on any atom is -0.481 e. The topological polar surface area (TPSA) is 58.6 Å². The summed E-state index contributed by atoms with van der Waals surface area (Å²) < 4.78 is 19.1. The van der Waals surface area contributed by atoms with Crippen LogP contribution in [0.15, 0.2) is 54.6 Å². The maximum absolute atomic E-state index is 13.8. The second-order valence-electron chi connectivity index (χ2n) is 7.36. The molecule has 6 heteroatoms. The third-order valence-electron chi connectivity index (χ3n) is 4.52. The Labute approximate surface area is 171 Å². The van der Waals surface area contributed by atoms with Crippen LogP contribution in [0.1, 0.15) is 26.3 Å². The van der Waals surface area contributed by atoms with Crippen LogP contribution in [0.3, 0.4) is 0 Å². The molecule has 156 valence electrons. The number of halogens is 1. The first-order valence-electron chi connectivity index (χ1n) is 9.87. The van der Waals surface area contributed by atoms with Crippen molar-refractivity contribution in [1.82, 2.24) is 10.2 Å². The fourth-order valence-electron chi connectivity index (χ4n) is 2.81. The molecule has 0 bridgehead atoms. The lowest BCUT2D eigenvalue weighted by atomic mass is 10.1. The van der Waals surface area contributed by atoms with Crippen molar-refractivity contribution in [1.29, 1.82) is 0 Å². The van der Waals surface area contributed by atoms with Crippen LogP contribution in [0.2, 0.25) is 0 Å². The van der Waals surface area contributed by atoms with Gasteiger partial charge in [0.05, 0.1) is 0 Å². The molecule has 2 aromatic rings.